The molecule has 10 heterocycles. The van der Waals surface area contributed by atoms with Crippen molar-refractivity contribution in [3.63, 3.8) is 0 Å². The molecule has 2 atom stereocenters. The molecule has 0 aliphatic carbocycles. The molecular weight excluding hydrogens is 1050 g/mol. The van der Waals surface area contributed by atoms with Crippen LogP contribution in [0.15, 0.2) is 79.8 Å². The number of aromatic nitrogens is 14. The van der Waals surface area contributed by atoms with Gasteiger partial charge in [-0.25, -0.2) is 59.4 Å². The van der Waals surface area contributed by atoms with Crippen molar-refractivity contribution < 1.29 is 35.9 Å². The largest absolute Gasteiger partial charge is 0.393 e. The third-order valence-electron chi connectivity index (χ3n) is 12.4. The van der Waals surface area contributed by atoms with Gasteiger partial charge in [-0.15, -0.1) is 11.6 Å². The number of nitrogens with zero attached hydrogens (tertiary/aromatic N) is 17. The molecule has 25 nitrogen and oxygen atoms in total. The Morgan fingerprint density at radius 1 is 0.649 bits per heavy atom. The van der Waals surface area contributed by atoms with Crippen LogP contribution in [0.3, 0.4) is 0 Å². The van der Waals surface area contributed by atoms with E-state index >= 15 is 0 Å². The number of alkyl halides is 7. The maximum absolute atomic E-state index is 13.0. The Morgan fingerprint density at radius 3 is 1.61 bits per heavy atom. The molecule has 2 saturated heterocycles. The summed E-state index contributed by atoms with van der Waals surface area (Å²) in [7, 11) is 5.90. The molecule has 10 rings (SSSR count). The summed E-state index contributed by atoms with van der Waals surface area (Å²) >= 11 is 5.43. The number of carbonyl (C=O) groups excluding carboxylic acids is 2. The summed E-state index contributed by atoms with van der Waals surface area (Å²) in [5.41, 5.74) is 0.0517. The fourth-order valence-electron chi connectivity index (χ4n) is 8.25. The van der Waals surface area contributed by atoms with Crippen LogP contribution in [0.5, 0.6) is 0 Å². The summed E-state index contributed by atoms with van der Waals surface area (Å²) in [5, 5.41) is 5.12. The third kappa shape index (κ3) is 12.0. The molecule has 0 saturated carbocycles. The average Bonchev–Trinajstić information content (AvgIpc) is 4.27. The van der Waals surface area contributed by atoms with Crippen LogP contribution in [0.25, 0.3) is 33.9 Å². The lowest BCUT2D eigenvalue weighted by Gasteiger charge is -2.17. The van der Waals surface area contributed by atoms with E-state index in [0.717, 1.165) is 9.13 Å². The van der Waals surface area contributed by atoms with Crippen LogP contribution in [-0.2, 0) is 50.7 Å². The lowest BCUT2D eigenvalue weighted by atomic mass is 10.1. The topological polar surface area (TPSA) is 286 Å². The second-order valence-corrected chi connectivity index (χ2v) is 17.8. The van der Waals surface area contributed by atoms with E-state index in [4.69, 9.17) is 11.6 Å². The van der Waals surface area contributed by atoms with E-state index in [1.165, 1.54) is 100 Å². The number of hydrogen-bond donors (Lipinski definition) is 2. The number of carbonyl (C=O) groups is 2. The first-order valence-corrected chi connectivity index (χ1v) is 23.6. The molecule has 0 radical (unpaired) electrons. The van der Waals surface area contributed by atoms with Crippen molar-refractivity contribution in [2.24, 2.45) is 45.0 Å². The van der Waals surface area contributed by atoms with Gasteiger partial charge in [0.2, 0.25) is 23.7 Å². The molecule has 3 aliphatic heterocycles. The molecule has 32 heteroatoms. The Labute approximate surface area is 434 Å². The van der Waals surface area contributed by atoms with Gasteiger partial charge in [0, 0.05) is 104 Å². The first-order valence-electron chi connectivity index (χ1n) is 23.0. The van der Waals surface area contributed by atoms with E-state index in [1.54, 1.807) is 13.3 Å². The Bertz CT molecular complexity index is 3640. The highest BCUT2D eigenvalue weighted by molar-refractivity contribution is 6.29. The predicted molar refractivity (Wildman–Crippen MR) is 266 cm³/mol. The van der Waals surface area contributed by atoms with Crippen molar-refractivity contribution in [3.05, 3.63) is 103 Å². The number of hydrogen-bond acceptors (Lipinski definition) is 18. The number of nitrogens with one attached hydrogen (secondary N) is 2. The summed E-state index contributed by atoms with van der Waals surface area (Å²) < 4.78 is 83.1. The van der Waals surface area contributed by atoms with Crippen LogP contribution in [0, 0.1) is 11.8 Å². The van der Waals surface area contributed by atoms with Crippen molar-refractivity contribution in [1.29, 1.82) is 0 Å². The number of halogens is 7. The summed E-state index contributed by atoms with van der Waals surface area (Å²) in [6.45, 7) is -0.166. The van der Waals surface area contributed by atoms with E-state index < -0.39 is 47.3 Å². The maximum atomic E-state index is 13.0. The van der Waals surface area contributed by atoms with Crippen LogP contribution < -0.4 is 42.9 Å². The normalized spacial score (nSPS) is 15.9. The standard InChI is InChI=1S/C22H21F3N10O3.C15H14ClF3N6O.C8H9N3O2/c1-32-18-16(19(37)33(2)21(32)38)35(11-29-18)10-15(36)30-14-3-5-26-17(31-14)12-7-27-20(28-8-12)34-6-4-13(9-34)22(23,24)25;16-5-12(26)23-11-1-3-20-13(24-11)9-6-21-14(22-7-9)25-4-2-10(8-25)15(17,18)19;1-10-6-5(3-4-9-6)7(12)11(2)8(10)13/h3,5,7-8,11,13H,4,6,9-10H2,1-2H3,(H,26,30,31,36);1,3,6-7,10H,2,4-5,8H2,(H,20,23,24,26);4H,3H2,1-2H3. The van der Waals surface area contributed by atoms with E-state index in [0.29, 0.717) is 28.9 Å². The Morgan fingerprint density at radius 2 is 1.13 bits per heavy atom. The number of rotatable bonds is 9. The summed E-state index contributed by atoms with van der Waals surface area (Å²) in [5.74, 6) is -2.08. The molecule has 0 spiro atoms. The summed E-state index contributed by atoms with van der Waals surface area (Å²) in [6.07, 6.45) is 3.56. The SMILES string of the molecule is Cn1c(=O)c2c(ncn2CC(=O)Nc2ccnc(-c3cnc(N4CCC(C(F)(F)F)C4)nc3)n2)n(C)c1=O.Cn1c2c(c(=O)n(C)c1=O)CC=N2.O=C(CCl)Nc1ccnc(-c2cnc(N3CCC(C(F)(F)F)C3)nc2)n1. The number of aryl methyl sites for hydroxylation is 1. The van der Waals surface area contributed by atoms with Crippen LogP contribution >= 0.6 is 11.6 Å². The number of anilines is 4. The minimum Gasteiger partial charge on any atom is -0.340 e. The highest BCUT2D eigenvalue weighted by Gasteiger charge is 2.45. The van der Waals surface area contributed by atoms with Crippen molar-refractivity contribution in [1.82, 2.24) is 67.7 Å². The summed E-state index contributed by atoms with van der Waals surface area (Å²) in [4.78, 5) is 116. The zero-order chi connectivity index (χ0) is 55.5. The van der Waals surface area contributed by atoms with Gasteiger partial charge in [0.25, 0.3) is 11.1 Å². The molecule has 0 bridgehead atoms. The van der Waals surface area contributed by atoms with E-state index in [2.05, 4.69) is 60.5 Å². The maximum Gasteiger partial charge on any atom is 0.393 e. The number of aliphatic imine (C=N–C) groups is 1. The first kappa shape index (κ1) is 54.5. The van der Waals surface area contributed by atoms with Gasteiger partial charge in [-0.3, -0.25) is 37.4 Å². The fourth-order valence-corrected chi connectivity index (χ4v) is 8.32. The summed E-state index contributed by atoms with van der Waals surface area (Å²) in [6, 6.07) is 2.97. The Balaban J connectivity index is 0.000000172. The van der Waals surface area contributed by atoms with Crippen molar-refractivity contribution in [2.45, 2.75) is 38.2 Å². The van der Waals surface area contributed by atoms with Gasteiger partial charge in [-0.05, 0) is 25.0 Å². The Hall–Kier alpha value is -8.77. The molecule has 7 aromatic rings. The van der Waals surface area contributed by atoms with Crippen LogP contribution in [0.1, 0.15) is 18.4 Å². The molecule has 2 unspecified atom stereocenters. The molecule has 2 N–H and O–H groups in total. The molecule has 7 aromatic heterocycles. The highest BCUT2D eigenvalue weighted by Crippen LogP contribution is 2.36. The third-order valence-corrected chi connectivity index (χ3v) is 12.6. The predicted octanol–water partition coefficient (Wildman–Crippen LogP) is 2.55. The minimum atomic E-state index is -4.26. The van der Waals surface area contributed by atoms with Gasteiger partial charge in [-0.1, -0.05) is 0 Å². The second-order valence-electron chi connectivity index (χ2n) is 17.5. The minimum absolute atomic E-state index is 0.0129. The van der Waals surface area contributed by atoms with Gasteiger partial charge < -0.3 is 25.0 Å². The molecular formula is C45H44ClF6N19O6. The van der Waals surface area contributed by atoms with Gasteiger partial charge in [0.1, 0.15) is 29.9 Å². The van der Waals surface area contributed by atoms with Crippen molar-refractivity contribution in [2.75, 3.05) is 52.5 Å². The first-order chi connectivity index (χ1) is 36.5. The van der Waals surface area contributed by atoms with Gasteiger partial charge in [0.15, 0.2) is 22.8 Å². The van der Waals surface area contributed by atoms with E-state index in [9.17, 15) is 55.1 Å². The van der Waals surface area contributed by atoms with Crippen LogP contribution in [-0.4, -0.2) is 130 Å². The molecule has 404 valence electrons. The Kier molecular flexibility index (Phi) is 15.7. The lowest BCUT2D eigenvalue weighted by molar-refractivity contribution is -0.168. The highest BCUT2D eigenvalue weighted by atomic mass is 35.5. The average molecular weight is 1100 g/mol. The molecule has 77 heavy (non-hydrogen) atoms. The van der Waals surface area contributed by atoms with Gasteiger partial charge in [0.05, 0.1) is 34.9 Å². The molecule has 3 aliphatic rings. The second kappa shape index (κ2) is 22.2. The van der Waals surface area contributed by atoms with Crippen molar-refractivity contribution >= 4 is 70.1 Å². The van der Waals surface area contributed by atoms with E-state index in [-0.39, 0.29) is 109 Å². The molecule has 2 amide bonds. The quantitative estimate of drug-likeness (QED) is 0.155. The monoisotopic (exact) mass is 1100 g/mol. The van der Waals surface area contributed by atoms with Gasteiger partial charge in [-0.2, -0.15) is 26.3 Å². The zero-order valence-electron chi connectivity index (χ0n) is 41.0. The van der Waals surface area contributed by atoms with Crippen molar-refractivity contribution in [3.8, 4) is 22.8 Å². The smallest absolute Gasteiger partial charge is 0.340 e. The van der Waals surface area contributed by atoms with Crippen LogP contribution in [0.2, 0.25) is 0 Å². The zero-order valence-corrected chi connectivity index (χ0v) is 41.7. The fraction of sp³-hybridized carbons (Fsp3) is 0.378. The molecule has 2 fully saturated rings. The van der Waals surface area contributed by atoms with E-state index in [1.807, 2.05) is 0 Å². The number of imidazole rings is 1. The van der Waals surface area contributed by atoms with Crippen LogP contribution in [0.4, 0.5) is 55.7 Å². The lowest BCUT2D eigenvalue weighted by Crippen LogP contribution is -2.38. The molecule has 0 aromatic carbocycles. The van der Waals surface area contributed by atoms with Gasteiger partial charge >= 0.3 is 23.7 Å². The number of fused-ring (bicyclic) bond motifs is 2. The number of amides is 2.